The van der Waals surface area contributed by atoms with Crippen molar-refractivity contribution in [2.75, 3.05) is 6.61 Å². The zero-order chi connectivity index (χ0) is 18.1. The lowest BCUT2D eigenvalue weighted by Gasteiger charge is -2.12. The van der Waals surface area contributed by atoms with E-state index in [1.54, 1.807) is 6.26 Å². The lowest BCUT2D eigenvalue weighted by molar-refractivity contribution is 0.269. The Kier molecular flexibility index (Phi) is 4.24. The molecule has 128 valence electrons. The van der Waals surface area contributed by atoms with Crippen molar-refractivity contribution >= 4 is 27.1 Å². The van der Waals surface area contributed by atoms with Crippen molar-refractivity contribution in [3.05, 3.63) is 94.9 Å². The molecule has 3 aromatic carbocycles. The first-order chi connectivity index (χ1) is 12.7. The molecule has 26 heavy (non-hydrogen) atoms. The lowest BCUT2D eigenvalue weighted by atomic mass is 9.91. The first-order valence-electron chi connectivity index (χ1n) is 9.09. The van der Waals surface area contributed by atoms with Gasteiger partial charge in [0, 0.05) is 11.1 Å². The van der Waals surface area contributed by atoms with Crippen LogP contribution in [0.1, 0.15) is 23.6 Å². The Morgan fingerprint density at radius 3 is 2.31 bits per heavy atom. The summed E-state index contributed by atoms with van der Waals surface area (Å²) in [5.74, 6) is 0. The summed E-state index contributed by atoms with van der Waals surface area (Å²) in [6.45, 7) is 7.12. The monoisotopic (exact) mass is 338 g/mol. The number of allylic oxidation sites excluding steroid dienone is 4. The summed E-state index contributed by atoms with van der Waals surface area (Å²) in [5, 5.41) is 5.36. The third-order valence-electron chi connectivity index (χ3n) is 5.03. The Labute approximate surface area is 154 Å². The van der Waals surface area contributed by atoms with Crippen LogP contribution in [0.4, 0.5) is 0 Å². The smallest absolute Gasteiger partial charge is 0.0845 e. The van der Waals surface area contributed by atoms with Crippen molar-refractivity contribution in [2.24, 2.45) is 0 Å². The topological polar surface area (TPSA) is 9.23 Å². The first-order valence-corrected chi connectivity index (χ1v) is 9.09. The third kappa shape index (κ3) is 2.87. The summed E-state index contributed by atoms with van der Waals surface area (Å²) in [5.41, 5.74) is 9.70. The number of benzene rings is 3. The molecule has 0 heterocycles. The highest BCUT2D eigenvalue weighted by Gasteiger charge is 2.16. The summed E-state index contributed by atoms with van der Waals surface area (Å²) >= 11 is 0. The standard InChI is InChI=1S/C25H22O/c1-4-26-14-8-7-9-19-16-25(19)20-12-13-23-17(2)21-10-5-6-11-22(21)18(3)24(23)15-20/h5-15H,4H2,1-3H3/b9-7+,14-8+. The molecule has 1 aliphatic rings. The van der Waals surface area contributed by atoms with Crippen molar-refractivity contribution in [1.29, 1.82) is 0 Å². The molecular formula is C25H22O. The maximum Gasteiger partial charge on any atom is 0.0845 e. The van der Waals surface area contributed by atoms with Gasteiger partial charge < -0.3 is 4.74 Å². The summed E-state index contributed by atoms with van der Waals surface area (Å²) < 4.78 is 5.19. The Hall–Kier alpha value is -3.02. The fourth-order valence-electron chi connectivity index (χ4n) is 3.57. The van der Waals surface area contributed by atoms with Gasteiger partial charge in [-0.1, -0.05) is 42.5 Å². The summed E-state index contributed by atoms with van der Waals surface area (Å²) in [6.07, 6.45) is 7.70. The highest BCUT2D eigenvalue weighted by Crippen LogP contribution is 2.37. The number of ether oxygens (including phenoxy) is 1. The molecule has 1 aliphatic carbocycles. The van der Waals surface area contributed by atoms with Crippen LogP contribution in [0.5, 0.6) is 0 Å². The molecule has 0 aliphatic heterocycles. The van der Waals surface area contributed by atoms with Gasteiger partial charge in [-0.05, 0) is 77.2 Å². The van der Waals surface area contributed by atoms with Gasteiger partial charge in [-0.3, -0.25) is 0 Å². The van der Waals surface area contributed by atoms with Crippen LogP contribution in [0.2, 0.25) is 0 Å². The number of hydrogen-bond acceptors (Lipinski definition) is 1. The van der Waals surface area contributed by atoms with Gasteiger partial charge in [0.15, 0.2) is 0 Å². The van der Waals surface area contributed by atoms with E-state index >= 15 is 0 Å². The highest BCUT2D eigenvalue weighted by atomic mass is 16.5. The number of fused-ring (bicyclic) bond motifs is 2. The molecule has 0 aromatic heterocycles. The van der Waals surface area contributed by atoms with Gasteiger partial charge >= 0.3 is 0 Å². The van der Waals surface area contributed by atoms with Crippen LogP contribution in [0, 0.1) is 13.8 Å². The van der Waals surface area contributed by atoms with E-state index in [9.17, 15) is 0 Å². The van der Waals surface area contributed by atoms with Crippen molar-refractivity contribution in [1.82, 2.24) is 0 Å². The van der Waals surface area contributed by atoms with Gasteiger partial charge in [-0.2, -0.15) is 0 Å². The van der Waals surface area contributed by atoms with Crippen molar-refractivity contribution < 1.29 is 4.74 Å². The zero-order valence-electron chi connectivity index (χ0n) is 15.5. The Morgan fingerprint density at radius 2 is 1.58 bits per heavy atom. The zero-order valence-corrected chi connectivity index (χ0v) is 15.5. The maximum absolute atomic E-state index is 5.19. The minimum absolute atomic E-state index is 0.696. The van der Waals surface area contributed by atoms with Crippen molar-refractivity contribution in [2.45, 2.75) is 20.8 Å². The Balaban J connectivity index is 1.66. The van der Waals surface area contributed by atoms with Crippen LogP contribution in [-0.2, 0) is 4.74 Å². The quantitative estimate of drug-likeness (QED) is 0.219. The normalized spacial score (nSPS) is 13.7. The third-order valence-corrected chi connectivity index (χ3v) is 5.03. The second-order valence-corrected chi connectivity index (χ2v) is 6.61. The van der Waals surface area contributed by atoms with Gasteiger partial charge in [0.1, 0.15) is 0 Å². The number of hydrogen-bond donors (Lipinski definition) is 0. The Morgan fingerprint density at radius 1 is 0.885 bits per heavy atom. The second-order valence-electron chi connectivity index (χ2n) is 6.61. The van der Waals surface area contributed by atoms with E-state index in [4.69, 9.17) is 4.74 Å². The summed E-state index contributed by atoms with van der Waals surface area (Å²) in [4.78, 5) is 0. The molecule has 0 saturated carbocycles. The van der Waals surface area contributed by atoms with E-state index in [-0.39, 0.29) is 0 Å². The summed E-state index contributed by atoms with van der Waals surface area (Å²) in [7, 11) is 0. The van der Waals surface area contributed by atoms with Crippen LogP contribution in [0.3, 0.4) is 0 Å². The fourth-order valence-corrected chi connectivity index (χ4v) is 3.57. The van der Waals surface area contributed by atoms with Crippen LogP contribution in [0.15, 0.2) is 78.3 Å². The minimum atomic E-state index is 0.696. The van der Waals surface area contributed by atoms with Crippen LogP contribution in [-0.4, -0.2) is 6.61 Å². The van der Waals surface area contributed by atoms with E-state index < -0.39 is 0 Å². The maximum atomic E-state index is 5.19. The van der Waals surface area contributed by atoms with E-state index in [2.05, 4.69) is 68.1 Å². The highest BCUT2D eigenvalue weighted by molar-refractivity contribution is 6.07. The molecule has 0 fully saturated rings. The van der Waals surface area contributed by atoms with Crippen LogP contribution >= 0.6 is 0 Å². The number of aryl methyl sites for hydroxylation is 2. The minimum Gasteiger partial charge on any atom is -0.501 e. The first kappa shape index (κ1) is 16.4. The molecule has 0 amide bonds. The molecule has 0 unspecified atom stereocenters. The lowest BCUT2D eigenvalue weighted by Crippen LogP contribution is -1.89. The van der Waals surface area contributed by atoms with E-state index in [1.165, 1.54) is 49.4 Å². The average Bonchev–Trinajstić information content (AvgIpc) is 3.45. The molecule has 0 N–H and O–H groups in total. The molecule has 1 heteroatoms. The molecular weight excluding hydrogens is 316 g/mol. The second kappa shape index (κ2) is 6.71. The Bertz CT molecular complexity index is 1140. The molecule has 4 rings (SSSR count). The molecule has 0 spiro atoms. The predicted octanol–water partition coefficient (Wildman–Crippen LogP) is 6.64. The van der Waals surface area contributed by atoms with Crippen molar-refractivity contribution in [3.8, 4) is 0 Å². The molecule has 0 atom stereocenters. The van der Waals surface area contributed by atoms with E-state index in [1.807, 2.05) is 19.1 Å². The van der Waals surface area contributed by atoms with Crippen molar-refractivity contribution in [3.63, 3.8) is 0 Å². The SMILES string of the molecule is CCO/C=C/C=C/C1=C=C1c1ccc2c(C)c3ccccc3c(C)c2c1. The number of rotatable bonds is 5. The average molecular weight is 338 g/mol. The molecule has 0 saturated heterocycles. The largest absolute Gasteiger partial charge is 0.501 e. The van der Waals surface area contributed by atoms with Gasteiger partial charge in [-0.15, -0.1) is 5.73 Å². The van der Waals surface area contributed by atoms with Gasteiger partial charge in [0.25, 0.3) is 0 Å². The van der Waals surface area contributed by atoms with Gasteiger partial charge in [-0.25, -0.2) is 0 Å². The predicted molar refractivity (Wildman–Crippen MR) is 111 cm³/mol. The molecule has 0 bridgehead atoms. The van der Waals surface area contributed by atoms with Crippen LogP contribution in [0.25, 0.3) is 27.1 Å². The van der Waals surface area contributed by atoms with Gasteiger partial charge in [0.2, 0.25) is 0 Å². The molecule has 1 nitrogen and oxygen atoms in total. The molecule has 3 aromatic rings. The van der Waals surface area contributed by atoms with E-state index in [0.717, 1.165) is 0 Å². The van der Waals surface area contributed by atoms with Gasteiger partial charge in [0.05, 0.1) is 12.9 Å². The van der Waals surface area contributed by atoms with E-state index in [0.29, 0.717) is 6.61 Å². The molecule has 0 radical (unpaired) electrons. The summed E-state index contributed by atoms with van der Waals surface area (Å²) in [6, 6.07) is 15.4. The van der Waals surface area contributed by atoms with Crippen LogP contribution < -0.4 is 0 Å². The fraction of sp³-hybridized carbons (Fsp3) is 0.160.